The molecule has 0 saturated heterocycles. The van der Waals surface area contributed by atoms with E-state index < -0.39 is 0 Å². The van der Waals surface area contributed by atoms with Gasteiger partial charge in [0.25, 0.3) is 0 Å². The minimum atomic E-state index is -0.299. The number of rotatable bonds is 6. The number of hydrogen-bond donors (Lipinski definition) is 4. The minimum Gasteiger partial charge on any atom is -0.488 e. The molecule has 29 heavy (non-hydrogen) atoms. The van der Waals surface area contributed by atoms with Crippen LogP contribution in [0.15, 0.2) is 18.2 Å². The third-order valence-electron chi connectivity index (χ3n) is 5.00. The van der Waals surface area contributed by atoms with E-state index in [1.807, 2.05) is 34.7 Å². The smallest absolute Gasteiger partial charge is 0.319 e. The summed E-state index contributed by atoms with van der Waals surface area (Å²) < 4.78 is 6.27. The summed E-state index contributed by atoms with van der Waals surface area (Å²) in [6, 6.07) is 4.80. The van der Waals surface area contributed by atoms with Gasteiger partial charge in [-0.2, -0.15) is 0 Å². The Labute approximate surface area is 173 Å². The molecule has 1 heterocycles. The normalized spacial score (nSPS) is 20.8. The lowest BCUT2D eigenvalue weighted by Crippen LogP contribution is -2.47. The molecule has 2 rings (SSSR count). The van der Waals surface area contributed by atoms with Crippen LogP contribution in [0, 0.1) is 5.92 Å². The van der Waals surface area contributed by atoms with Crippen molar-refractivity contribution in [2.75, 3.05) is 32.1 Å². The SMILES string of the molecule is CNC[C@H]1Oc2ccc(NC(=O)NC(C)C)cc2CC(=O)N([C@H](C)CO)C[C@@H]1C. The van der Waals surface area contributed by atoms with Crippen molar-refractivity contribution in [3.05, 3.63) is 23.8 Å². The lowest BCUT2D eigenvalue weighted by molar-refractivity contribution is -0.134. The summed E-state index contributed by atoms with van der Waals surface area (Å²) in [7, 11) is 1.86. The molecule has 1 aliphatic heterocycles. The Hall–Kier alpha value is -2.32. The van der Waals surface area contributed by atoms with Gasteiger partial charge in [0.15, 0.2) is 0 Å². The van der Waals surface area contributed by atoms with Crippen molar-refractivity contribution in [1.82, 2.24) is 15.5 Å². The number of hydrogen-bond acceptors (Lipinski definition) is 5. The quantitative estimate of drug-likeness (QED) is 0.574. The third kappa shape index (κ3) is 6.33. The number of aliphatic hydroxyl groups is 1. The molecular formula is C21H34N4O4. The first-order valence-electron chi connectivity index (χ1n) is 10.2. The van der Waals surface area contributed by atoms with Gasteiger partial charge in [0, 0.05) is 36.3 Å². The number of likely N-dealkylation sites (N-methyl/N-ethyl adjacent to an activating group) is 1. The van der Waals surface area contributed by atoms with Crippen LogP contribution in [0.5, 0.6) is 5.75 Å². The fraction of sp³-hybridized carbons (Fsp3) is 0.619. The van der Waals surface area contributed by atoms with Crippen LogP contribution >= 0.6 is 0 Å². The molecule has 3 amide bonds. The first kappa shape index (κ1) is 23.0. The van der Waals surface area contributed by atoms with Crippen molar-refractivity contribution in [3.63, 3.8) is 0 Å². The summed E-state index contributed by atoms with van der Waals surface area (Å²) in [4.78, 5) is 26.8. The van der Waals surface area contributed by atoms with E-state index in [9.17, 15) is 14.7 Å². The van der Waals surface area contributed by atoms with Crippen LogP contribution in [-0.2, 0) is 11.2 Å². The molecular weight excluding hydrogens is 372 g/mol. The number of urea groups is 1. The van der Waals surface area contributed by atoms with E-state index >= 15 is 0 Å². The number of nitrogens with zero attached hydrogens (tertiary/aromatic N) is 1. The molecule has 0 saturated carbocycles. The topological polar surface area (TPSA) is 103 Å². The Bertz CT molecular complexity index is 710. The van der Waals surface area contributed by atoms with E-state index in [-0.39, 0.29) is 49.1 Å². The number of amides is 3. The van der Waals surface area contributed by atoms with Gasteiger partial charge in [-0.3, -0.25) is 4.79 Å². The van der Waals surface area contributed by atoms with Gasteiger partial charge in [-0.15, -0.1) is 0 Å². The summed E-state index contributed by atoms with van der Waals surface area (Å²) in [6.45, 7) is 8.69. The zero-order chi connectivity index (χ0) is 21.6. The number of carbonyl (C=O) groups excluding carboxylic acids is 2. The Balaban J connectivity index is 2.35. The monoisotopic (exact) mass is 406 g/mol. The van der Waals surface area contributed by atoms with Gasteiger partial charge in [-0.05, 0) is 46.0 Å². The highest BCUT2D eigenvalue weighted by Crippen LogP contribution is 2.28. The Morgan fingerprint density at radius 3 is 2.69 bits per heavy atom. The van der Waals surface area contributed by atoms with Crippen LogP contribution < -0.4 is 20.7 Å². The number of anilines is 1. The molecule has 1 aromatic rings. The number of nitrogens with one attached hydrogen (secondary N) is 3. The van der Waals surface area contributed by atoms with E-state index in [0.29, 0.717) is 30.1 Å². The van der Waals surface area contributed by atoms with Crippen LogP contribution in [0.3, 0.4) is 0 Å². The van der Waals surface area contributed by atoms with E-state index in [1.165, 1.54) is 0 Å². The average molecular weight is 407 g/mol. The van der Waals surface area contributed by atoms with Gasteiger partial charge in [0.05, 0.1) is 19.1 Å². The maximum atomic E-state index is 13.0. The molecule has 1 aliphatic rings. The molecule has 4 N–H and O–H groups in total. The van der Waals surface area contributed by atoms with Crippen LogP contribution in [0.25, 0.3) is 0 Å². The molecule has 8 nitrogen and oxygen atoms in total. The maximum absolute atomic E-state index is 13.0. The molecule has 0 aliphatic carbocycles. The lowest BCUT2D eigenvalue weighted by Gasteiger charge is -2.32. The molecule has 0 bridgehead atoms. The number of carbonyl (C=O) groups is 2. The van der Waals surface area contributed by atoms with Crippen molar-refractivity contribution in [2.45, 2.75) is 52.3 Å². The maximum Gasteiger partial charge on any atom is 0.319 e. The highest BCUT2D eigenvalue weighted by molar-refractivity contribution is 5.90. The molecule has 0 unspecified atom stereocenters. The van der Waals surface area contributed by atoms with Crippen LogP contribution in [-0.4, -0.2) is 66.9 Å². The predicted molar refractivity (Wildman–Crippen MR) is 113 cm³/mol. The van der Waals surface area contributed by atoms with Crippen molar-refractivity contribution in [2.24, 2.45) is 5.92 Å². The Morgan fingerprint density at radius 1 is 1.34 bits per heavy atom. The highest BCUT2D eigenvalue weighted by Gasteiger charge is 2.30. The van der Waals surface area contributed by atoms with E-state index in [1.54, 1.807) is 23.1 Å². The van der Waals surface area contributed by atoms with E-state index in [2.05, 4.69) is 16.0 Å². The molecule has 3 atom stereocenters. The molecule has 0 radical (unpaired) electrons. The molecule has 1 aromatic carbocycles. The second-order valence-electron chi connectivity index (χ2n) is 8.02. The summed E-state index contributed by atoms with van der Waals surface area (Å²) in [5.41, 5.74) is 1.31. The minimum absolute atomic E-state index is 0.0186. The second-order valence-corrected chi connectivity index (χ2v) is 8.02. The second kappa shape index (κ2) is 10.5. The fourth-order valence-electron chi connectivity index (χ4n) is 3.38. The first-order valence-corrected chi connectivity index (χ1v) is 10.2. The van der Waals surface area contributed by atoms with Gasteiger partial charge in [-0.25, -0.2) is 4.79 Å². The molecule has 0 spiro atoms. The van der Waals surface area contributed by atoms with Crippen LogP contribution in [0.2, 0.25) is 0 Å². The number of ether oxygens (including phenoxy) is 1. The molecule has 0 aromatic heterocycles. The number of aliphatic hydroxyl groups excluding tert-OH is 1. The summed E-state index contributed by atoms with van der Waals surface area (Å²) in [6.07, 6.45) is 0.000997. The van der Waals surface area contributed by atoms with E-state index in [4.69, 9.17) is 4.74 Å². The van der Waals surface area contributed by atoms with Crippen molar-refractivity contribution in [1.29, 1.82) is 0 Å². The summed E-state index contributed by atoms with van der Waals surface area (Å²) in [5, 5.41) is 18.3. The van der Waals surface area contributed by atoms with Crippen molar-refractivity contribution >= 4 is 17.6 Å². The fourth-order valence-corrected chi connectivity index (χ4v) is 3.38. The van der Waals surface area contributed by atoms with Gasteiger partial charge in [0.2, 0.25) is 5.91 Å². The Kier molecular flexibility index (Phi) is 8.28. The summed E-state index contributed by atoms with van der Waals surface area (Å²) in [5.74, 6) is 0.636. The molecule has 0 fully saturated rings. The van der Waals surface area contributed by atoms with Crippen molar-refractivity contribution in [3.8, 4) is 5.75 Å². The zero-order valence-electron chi connectivity index (χ0n) is 18.0. The van der Waals surface area contributed by atoms with E-state index in [0.717, 1.165) is 0 Å². The van der Waals surface area contributed by atoms with Gasteiger partial charge in [0.1, 0.15) is 11.9 Å². The largest absolute Gasteiger partial charge is 0.488 e. The standard InChI is InChI=1S/C21H34N4O4/c1-13(2)23-21(28)24-17-6-7-18-16(8-17)9-20(27)25(15(4)12-26)11-14(3)19(29-18)10-22-5/h6-8,13-15,19,22,26H,9-12H2,1-5H3,(H2,23,24,28)/t14-,15+,19+/m0/s1. The van der Waals surface area contributed by atoms with Gasteiger partial charge < -0.3 is 30.7 Å². The molecule has 162 valence electrons. The van der Waals surface area contributed by atoms with Crippen LogP contribution in [0.1, 0.15) is 33.3 Å². The number of fused-ring (bicyclic) bond motifs is 1. The van der Waals surface area contributed by atoms with Crippen LogP contribution in [0.4, 0.5) is 10.5 Å². The number of benzene rings is 1. The van der Waals surface area contributed by atoms with Gasteiger partial charge in [-0.1, -0.05) is 6.92 Å². The first-order chi connectivity index (χ1) is 13.7. The third-order valence-corrected chi connectivity index (χ3v) is 5.00. The summed E-state index contributed by atoms with van der Waals surface area (Å²) >= 11 is 0. The predicted octanol–water partition coefficient (Wildman–Crippen LogP) is 1.58. The Morgan fingerprint density at radius 2 is 2.07 bits per heavy atom. The average Bonchev–Trinajstić information content (AvgIpc) is 2.69. The highest BCUT2D eigenvalue weighted by atomic mass is 16.5. The van der Waals surface area contributed by atoms with Gasteiger partial charge >= 0.3 is 6.03 Å². The lowest BCUT2D eigenvalue weighted by atomic mass is 10.0. The van der Waals surface area contributed by atoms with Crippen molar-refractivity contribution < 1.29 is 19.4 Å². The zero-order valence-corrected chi connectivity index (χ0v) is 18.0. The molecule has 8 heteroatoms.